The van der Waals surface area contributed by atoms with Crippen LogP contribution in [-0.4, -0.2) is 6.54 Å². The monoisotopic (exact) mass is 205 g/mol. The van der Waals surface area contributed by atoms with Gasteiger partial charge in [-0.25, -0.2) is 0 Å². The second-order valence-electron chi connectivity index (χ2n) is 4.43. The summed E-state index contributed by atoms with van der Waals surface area (Å²) in [5.74, 6) is 2.64. The third kappa shape index (κ3) is 1.48. The number of anilines is 1. The third-order valence-electron chi connectivity index (χ3n) is 3.51. The van der Waals surface area contributed by atoms with Gasteiger partial charge in [-0.15, -0.1) is 0 Å². The molecule has 0 saturated heterocycles. The number of hydrogen-bond acceptors (Lipinski definition) is 2. The molecule has 1 heterocycles. The Morgan fingerprint density at radius 2 is 2.36 bits per heavy atom. The van der Waals surface area contributed by atoms with Crippen LogP contribution in [0.2, 0.25) is 0 Å². The van der Waals surface area contributed by atoms with Crippen LogP contribution >= 0.6 is 11.3 Å². The Kier molecular flexibility index (Phi) is 2.09. The Morgan fingerprint density at radius 1 is 1.36 bits per heavy atom. The van der Waals surface area contributed by atoms with Crippen molar-refractivity contribution in [1.82, 2.24) is 0 Å². The Bertz CT molecular complexity index is 328. The number of allylic oxidation sites excluding steroid dienone is 2. The van der Waals surface area contributed by atoms with Gasteiger partial charge in [-0.2, -0.15) is 11.3 Å². The average Bonchev–Trinajstić information content (AvgIpc) is 2.91. The lowest BCUT2D eigenvalue weighted by molar-refractivity contribution is 0.472. The maximum Gasteiger partial charge on any atom is 0.0448 e. The van der Waals surface area contributed by atoms with Crippen LogP contribution in [0, 0.1) is 17.8 Å². The lowest BCUT2D eigenvalue weighted by atomic mass is 9.93. The van der Waals surface area contributed by atoms with E-state index in [0.717, 1.165) is 24.3 Å². The summed E-state index contributed by atoms with van der Waals surface area (Å²) in [6.07, 6.45) is 7.65. The quantitative estimate of drug-likeness (QED) is 0.746. The molecule has 1 aromatic heterocycles. The molecule has 1 saturated carbocycles. The molecule has 0 aliphatic heterocycles. The highest BCUT2D eigenvalue weighted by atomic mass is 32.1. The number of thiophene rings is 1. The first kappa shape index (κ1) is 8.54. The molecule has 0 spiro atoms. The molecule has 14 heavy (non-hydrogen) atoms. The van der Waals surface area contributed by atoms with Gasteiger partial charge in [0.25, 0.3) is 0 Å². The van der Waals surface area contributed by atoms with Crippen LogP contribution in [0.15, 0.2) is 29.0 Å². The van der Waals surface area contributed by atoms with Crippen molar-refractivity contribution in [3.05, 3.63) is 29.0 Å². The van der Waals surface area contributed by atoms with Crippen LogP contribution in [-0.2, 0) is 0 Å². The second kappa shape index (κ2) is 3.43. The standard InChI is InChI=1S/C12H15NS/c1-2-10-5-9(1)6-11(10)7-13-12-3-4-14-8-12/h1-4,8-11,13H,5-7H2. The summed E-state index contributed by atoms with van der Waals surface area (Å²) < 4.78 is 0. The Hall–Kier alpha value is -0.760. The Labute approximate surface area is 88.8 Å². The summed E-state index contributed by atoms with van der Waals surface area (Å²) in [6.45, 7) is 1.16. The first-order chi connectivity index (χ1) is 6.92. The highest BCUT2D eigenvalue weighted by molar-refractivity contribution is 7.08. The molecule has 1 aromatic rings. The van der Waals surface area contributed by atoms with Crippen LogP contribution in [0.5, 0.6) is 0 Å². The lowest BCUT2D eigenvalue weighted by Gasteiger charge is -2.18. The van der Waals surface area contributed by atoms with Gasteiger partial charge >= 0.3 is 0 Å². The van der Waals surface area contributed by atoms with Crippen molar-refractivity contribution in [2.45, 2.75) is 12.8 Å². The van der Waals surface area contributed by atoms with Crippen molar-refractivity contribution in [2.75, 3.05) is 11.9 Å². The van der Waals surface area contributed by atoms with E-state index in [4.69, 9.17) is 0 Å². The highest BCUT2D eigenvalue weighted by Crippen LogP contribution is 2.43. The minimum atomic E-state index is 0.867. The van der Waals surface area contributed by atoms with E-state index in [0.29, 0.717) is 0 Å². The normalized spacial score (nSPS) is 33.9. The predicted molar refractivity (Wildman–Crippen MR) is 61.7 cm³/mol. The van der Waals surface area contributed by atoms with Crippen LogP contribution in [0.4, 0.5) is 5.69 Å². The molecule has 1 nitrogen and oxygen atoms in total. The minimum Gasteiger partial charge on any atom is -0.384 e. The summed E-state index contributed by atoms with van der Waals surface area (Å²) in [7, 11) is 0. The van der Waals surface area contributed by atoms with Crippen LogP contribution < -0.4 is 5.32 Å². The zero-order chi connectivity index (χ0) is 9.38. The molecule has 0 radical (unpaired) electrons. The summed E-state index contributed by atoms with van der Waals surface area (Å²) in [4.78, 5) is 0. The van der Waals surface area contributed by atoms with Crippen molar-refractivity contribution >= 4 is 17.0 Å². The molecule has 2 aliphatic rings. The summed E-state index contributed by atoms with van der Waals surface area (Å²) in [5.41, 5.74) is 1.29. The van der Waals surface area contributed by atoms with Crippen LogP contribution in [0.1, 0.15) is 12.8 Å². The fraction of sp³-hybridized carbons (Fsp3) is 0.500. The van der Waals surface area contributed by atoms with Gasteiger partial charge in [-0.05, 0) is 42.0 Å². The Morgan fingerprint density at radius 3 is 3.00 bits per heavy atom. The second-order valence-corrected chi connectivity index (χ2v) is 5.21. The van der Waals surface area contributed by atoms with Crippen molar-refractivity contribution in [2.24, 2.45) is 17.8 Å². The fourth-order valence-corrected chi connectivity index (χ4v) is 3.36. The van der Waals surface area contributed by atoms with Gasteiger partial charge in [-0.3, -0.25) is 0 Å². The maximum absolute atomic E-state index is 3.53. The van der Waals surface area contributed by atoms with Crippen molar-refractivity contribution in [3.8, 4) is 0 Å². The lowest BCUT2D eigenvalue weighted by Crippen LogP contribution is -2.17. The van der Waals surface area contributed by atoms with E-state index in [1.165, 1.54) is 18.5 Å². The molecule has 74 valence electrons. The molecule has 2 aliphatic carbocycles. The summed E-state index contributed by atoms with van der Waals surface area (Å²) >= 11 is 1.76. The molecule has 0 aromatic carbocycles. The smallest absolute Gasteiger partial charge is 0.0448 e. The number of fused-ring (bicyclic) bond motifs is 2. The predicted octanol–water partition coefficient (Wildman–Crippen LogP) is 3.37. The van der Waals surface area contributed by atoms with E-state index in [-0.39, 0.29) is 0 Å². The molecule has 1 N–H and O–H groups in total. The van der Waals surface area contributed by atoms with Gasteiger partial charge in [0.05, 0.1) is 0 Å². The molecule has 3 unspecified atom stereocenters. The SMILES string of the molecule is C1=CC2CC1CC2CNc1ccsc1. The van der Waals surface area contributed by atoms with Crippen molar-refractivity contribution in [3.63, 3.8) is 0 Å². The summed E-state index contributed by atoms with van der Waals surface area (Å²) in [6, 6.07) is 2.16. The number of nitrogens with one attached hydrogen (secondary N) is 1. The molecule has 3 rings (SSSR count). The highest BCUT2D eigenvalue weighted by Gasteiger charge is 2.35. The van der Waals surface area contributed by atoms with E-state index in [9.17, 15) is 0 Å². The van der Waals surface area contributed by atoms with E-state index in [1.807, 2.05) is 0 Å². The molecular weight excluding hydrogens is 190 g/mol. The zero-order valence-electron chi connectivity index (χ0n) is 8.15. The topological polar surface area (TPSA) is 12.0 Å². The van der Waals surface area contributed by atoms with Crippen molar-refractivity contribution in [1.29, 1.82) is 0 Å². The van der Waals surface area contributed by atoms with E-state index in [1.54, 1.807) is 11.3 Å². The molecule has 1 fully saturated rings. The van der Waals surface area contributed by atoms with Gasteiger partial charge in [0.2, 0.25) is 0 Å². The van der Waals surface area contributed by atoms with Gasteiger partial charge in [-0.1, -0.05) is 12.2 Å². The first-order valence-electron chi connectivity index (χ1n) is 5.36. The van der Waals surface area contributed by atoms with E-state index >= 15 is 0 Å². The Balaban J connectivity index is 1.57. The third-order valence-corrected chi connectivity index (χ3v) is 4.19. The first-order valence-corrected chi connectivity index (χ1v) is 6.30. The van der Waals surface area contributed by atoms with Gasteiger partial charge < -0.3 is 5.32 Å². The molecule has 3 atom stereocenters. The van der Waals surface area contributed by atoms with Gasteiger partial charge in [0.1, 0.15) is 0 Å². The van der Waals surface area contributed by atoms with E-state index < -0.39 is 0 Å². The largest absolute Gasteiger partial charge is 0.384 e. The molecule has 2 heteroatoms. The van der Waals surface area contributed by atoms with Gasteiger partial charge in [0.15, 0.2) is 0 Å². The summed E-state index contributed by atoms with van der Waals surface area (Å²) in [5, 5.41) is 7.84. The van der Waals surface area contributed by atoms with Crippen LogP contribution in [0.25, 0.3) is 0 Å². The molecule has 0 amide bonds. The number of hydrogen-bond donors (Lipinski definition) is 1. The van der Waals surface area contributed by atoms with E-state index in [2.05, 4.69) is 34.3 Å². The number of rotatable bonds is 3. The van der Waals surface area contributed by atoms with Crippen molar-refractivity contribution < 1.29 is 0 Å². The zero-order valence-corrected chi connectivity index (χ0v) is 8.96. The van der Waals surface area contributed by atoms with Gasteiger partial charge in [0, 0.05) is 17.6 Å². The fourth-order valence-electron chi connectivity index (χ4n) is 2.74. The maximum atomic E-state index is 3.53. The molecular formula is C12H15NS. The molecule has 2 bridgehead atoms. The average molecular weight is 205 g/mol. The minimum absolute atomic E-state index is 0.867. The van der Waals surface area contributed by atoms with Crippen LogP contribution in [0.3, 0.4) is 0 Å².